The Morgan fingerprint density at radius 3 is 2.56 bits per heavy atom. The molecule has 1 rings (SSSR count). The maximum absolute atomic E-state index is 12.4. The van der Waals surface area contributed by atoms with Crippen LogP contribution in [0.2, 0.25) is 0 Å². The number of carbonyl (C=O) groups is 1. The quantitative estimate of drug-likeness (QED) is 0.599. The number of esters is 1. The third kappa shape index (κ3) is 2.50. The second-order valence-corrected chi connectivity index (χ2v) is 2.70. The molecule has 0 aliphatic heterocycles. The average Bonchev–Trinajstić information content (AvgIpc) is 2.62. The predicted octanol–water partition coefficient (Wildman–Crippen LogP) is 2.39. The van der Waals surface area contributed by atoms with Crippen LogP contribution in [0.3, 0.4) is 0 Å². The van der Waals surface area contributed by atoms with Crippen molar-refractivity contribution in [3.05, 3.63) is 17.5 Å². The zero-order valence-electron chi connectivity index (χ0n) is 8.16. The van der Waals surface area contributed by atoms with Crippen LogP contribution in [-0.2, 0) is 4.74 Å². The largest absolute Gasteiger partial charge is 0.461 e. The smallest absolute Gasteiger partial charge is 0.356 e. The molecule has 8 heteroatoms. The van der Waals surface area contributed by atoms with Gasteiger partial charge in [-0.3, -0.25) is 0 Å². The van der Waals surface area contributed by atoms with Gasteiger partial charge in [0.2, 0.25) is 0 Å². The van der Waals surface area contributed by atoms with Gasteiger partial charge in [-0.05, 0) is 6.92 Å². The molecule has 0 saturated carbocycles. The fourth-order valence-corrected chi connectivity index (χ4v) is 1.03. The highest BCUT2D eigenvalue weighted by atomic mass is 19.3. The Morgan fingerprint density at radius 1 is 1.50 bits per heavy atom. The highest BCUT2D eigenvalue weighted by Crippen LogP contribution is 2.22. The molecule has 0 radical (unpaired) electrons. The van der Waals surface area contributed by atoms with Crippen molar-refractivity contribution in [2.75, 3.05) is 6.61 Å². The van der Waals surface area contributed by atoms with Gasteiger partial charge in [0.1, 0.15) is 5.69 Å². The topological polar surface area (TPSA) is 44.1 Å². The Balaban J connectivity index is 3.10. The summed E-state index contributed by atoms with van der Waals surface area (Å²) in [5.41, 5.74) is -1.57. The predicted molar refractivity (Wildman–Crippen MR) is 44.4 cm³/mol. The molecule has 1 heterocycles. The molecule has 0 N–H and O–H groups in total. The number of nitrogens with zero attached hydrogens (tertiary/aromatic N) is 2. The van der Waals surface area contributed by atoms with Gasteiger partial charge in [-0.2, -0.15) is 18.6 Å². The highest BCUT2D eigenvalue weighted by Gasteiger charge is 2.24. The summed E-state index contributed by atoms with van der Waals surface area (Å²) in [7, 11) is 0. The second kappa shape index (κ2) is 4.95. The van der Waals surface area contributed by atoms with Gasteiger partial charge in [-0.25, -0.2) is 13.6 Å². The van der Waals surface area contributed by atoms with Crippen LogP contribution in [0.15, 0.2) is 6.07 Å². The molecule has 0 atom stereocenters. The van der Waals surface area contributed by atoms with Gasteiger partial charge in [-0.15, -0.1) is 0 Å². The summed E-state index contributed by atoms with van der Waals surface area (Å²) >= 11 is 0. The summed E-state index contributed by atoms with van der Waals surface area (Å²) in [5, 5.41) is 2.93. The number of ether oxygens (including phenoxy) is 1. The van der Waals surface area contributed by atoms with Crippen LogP contribution in [0.4, 0.5) is 17.6 Å². The van der Waals surface area contributed by atoms with E-state index < -0.39 is 30.3 Å². The van der Waals surface area contributed by atoms with Crippen molar-refractivity contribution in [2.24, 2.45) is 0 Å². The lowest BCUT2D eigenvalue weighted by atomic mass is 10.3. The third-order valence-corrected chi connectivity index (χ3v) is 1.65. The van der Waals surface area contributed by atoms with Gasteiger partial charge in [0.25, 0.3) is 6.43 Å². The number of aromatic nitrogens is 2. The Morgan fingerprint density at radius 2 is 2.12 bits per heavy atom. The summed E-state index contributed by atoms with van der Waals surface area (Å²) in [5.74, 6) is -1.11. The van der Waals surface area contributed by atoms with Crippen LogP contribution >= 0.6 is 0 Å². The minimum Gasteiger partial charge on any atom is -0.461 e. The minimum absolute atomic E-state index is 0.0444. The molecule has 0 aliphatic carbocycles. The zero-order chi connectivity index (χ0) is 12.3. The molecule has 0 aromatic carbocycles. The van der Waals surface area contributed by atoms with Gasteiger partial charge in [0.15, 0.2) is 5.69 Å². The lowest BCUT2D eigenvalue weighted by molar-refractivity contribution is 0.0347. The molecule has 90 valence electrons. The molecular weight excluding hydrogens is 232 g/mol. The normalized spacial score (nSPS) is 11.2. The molecule has 1 aromatic heterocycles. The first-order valence-corrected chi connectivity index (χ1v) is 4.30. The Labute approximate surface area is 87.8 Å². The van der Waals surface area contributed by atoms with Crippen molar-refractivity contribution >= 4 is 5.97 Å². The summed E-state index contributed by atoms with van der Waals surface area (Å²) in [4.78, 5) is 11.1. The van der Waals surface area contributed by atoms with Gasteiger partial charge in [0, 0.05) is 6.07 Å². The fraction of sp³-hybridized carbons (Fsp3) is 0.500. The fourth-order valence-electron chi connectivity index (χ4n) is 1.03. The zero-order valence-corrected chi connectivity index (χ0v) is 8.16. The van der Waals surface area contributed by atoms with Crippen LogP contribution in [0.1, 0.15) is 36.1 Å². The van der Waals surface area contributed by atoms with E-state index in [0.29, 0.717) is 6.07 Å². The summed E-state index contributed by atoms with van der Waals surface area (Å²) in [6.07, 6.45) is -3.02. The number of hydrogen-bond acceptors (Lipinski definition) is 3. The molecule has 1 aromatic rings. The molecule has 0 bridgehead atoms. The molecular formula is C8H8F4N2O2. The molecule has 16 heavy (non-hydrogen) atoms. The van der Waals surface area contributed by atoms with Crippen LogP contribution in [-0.4, -0.2) is 22.4 Å². The molecule has 0 spiro atoms. The summed E-state index contributed by atoms with van der Waals surface area (Å²) in [6, 6.07) is 0.592. The lowest BCUT2D eigenvalue weighted by Gasteiger charge is -2.04. The highest BCUT2D eigenvalue weighted by molar-refractivity contribution is 5.87. The minimum atomic E-state index is -3.17. The molecule has 0 aliphatic rings. The number of carbonyl (C=O) groups excluding carboxylic acids is 1. The second-order valence-electron chi connectivity index (χ2n) is 2.70. The summed E-state index contributed by atoms with van der Waals surface area (Å²) in [6.45, 7) is -1.75. The number of rotatable bonds is 4. The van der Waals surface area contributed by atoms with E-state index >= 15 is 0 Å². The van der Waals surface area contributed by atoms with Crippen molar-refractivity contribution in [3.8, 4) is 0 Å². The van der Waals surface area contributed by atoms with Crippen molar-refractivity contribution in [1.82, 2.24) is 9.78 Å². The van der Waals surface area contributed by atoms with Crippen molar-refractivity contribution in [3.63, 3.8) is 0 Å². The molecule has 4 nitrogen and oxygen atoms in total. The van der Waals surface area contributed by atoms with E-state index in [1.807, 2.05) is 0 Å². The Hall–Kier alpha value is -1.60. The van der Waals surface area contributed by atoms with Gasteiger partial charge in [0.05, 0.1) is 6.61 Å². The molecule has 0 fully saturated rings. The lowest BCUT2D eigenvalue weighted by Crippen LogP contribution is -2.13. The van der Waals surface area contributed by atoms with Gasteiger partial charge in [-0.1, -0.05) is 0 Å². The first-order chi connectivity index (χ1) is 7.47. The van der Waals surface area contributed by atoms with E-state index in [4.69, 9.17) is 0 Å². The van der Waals surface area contributed by atoms with Crippen molar-refractivity contribution in [1.29, 1.82) is 0 Å². The molecule has 0 amide bonds. The summed E-state index contributed by atoms with van der Waals surface area (Å²) < 4.78 is 53.5. The molecule has 0 unspecified atom stereocenters. The van der Waals surface area contributed by atoms with E-state index in [2.05, 4.69) is 9.84 Å². The van der Waals surface area contributed by atoms with Crippen LogP contribution in [0.5, 0.6) is 0 Å². The van der Waals surface area contributed by atoms with E-state index in [1.165, 1.54) is 6.92 Å². The van der Waals surface area contributed by atoms with Crippen molar-refractivity contribution < 1.29 is 27.1 Å². The van der Waals surface area contributed by atoms with Gasteiger partial charge < -0.3 is 4.74 Å². The standard InChI is InChI=1S/C8H8F4N2O2/c1-2-16-7(15)5-3-4(6(9)10)13-14(5)8(11)12/h3,6,8H,2H2,1H3. The van der Waals surface area contributed by atoms with Gasteiger partial charge >= 0.3 is 12.5 Å². The molecule has 0 saturated heterocycles. The van der Waals surface area contributed by atoms with Crippen LogP contribution in [0.25, 0.3) is 0 Å². The maximum Gasteiger partial charge on any atom is 0.356 e. The number of hydrogen-bond donors (Lipinski definition) is 0. The van der Waals surface area contributed by atoms with E-state index in [0.717, 1.165) is 0 Å². The Bertz CT molecular complexity index is 378. The van der Waals surface area contributed by atoms with E-state index in [-0.39, 0.29) is 11.3 Å². The first-order valence-electron chi connectivity index (χ1n) is 4.30. The van der Waals surface area contributed by atoms with Crippen LogP contribution < -0.4 is 0 Å². The third-order valence-electron chi connectivity index (χ3n) is 1.65. The number of alkyl halides is 4. The number of halogens is 4. The van der Waals surface area contributed by atoms with Crippen molar-refractivity contribution in [2.45, 2.75) is 19.9 Å². The van der Waals surface area contributed by atoms with Crippen LogP contribution in [0, 0.1) is 0 Å². The Kier molecular flexibility index (Phi) is 3.86. The van der Waals surface area contributed by atoms with E-state index in [1.54, 1.807) is 0 Å². The van der Waals surface area contributed by atoms with E-state index in [9.17, 15) is 22.4 Å². The first kappa shape index (κ1) is 12.5. The monoisotopic (exact) mass is 240 g/mol. The SMILES string of the molecule is CCOC(=O)c1cc(C(F)F)nn1C(F)F. The maximum atomic E-state index is 12.4. The average molecular weight is 240 g/mol.